The number of hydrogen-bond donors (Lipinski definition) is 2. The molecule has 22 heavy (non-hydrogen) atoms. The first-order chi connectivity index (χ1) is 10.2. The maximum absolute atomic E-state index is 13.2. The molecule has 2 amide bonds. The van der Waals surface area contributed by atoms with Gasteiger partial charge < -0.3 is 5.32 Å². The molecule has 0 spiro atoms. The van der Waals surface area contributed by atoms with Gasteiger partial charge in [0.2, 0.25) is 17.8 Å². The van der Waals surface area contributed by atoms with Crippen LogP contribution in [0, 0.1) is 5.95 Å². The predicted octanol–water partition coefficient (Wildman–Crippen LogP) is -0.0860. The van der Waals surface area contributed by atoms with Gasteiger partial charge >= 0.3 is 0 Å². The van der Waals surface area contributed by atoms with Gasteiger partial charge in [0, 0.05) is 18.1 Å². The first-order valence-corrected chi connectivity index (χ1v) is 8.15. The summed E-state index contributed by atoms with van der Waals surface area (Å²) in [5.41, 5.74) is 0.460. The lowest BCUT2D eigenvalue weighted by Crippen LogP contribution is -2.47. The molecule has 2 heterocycles. The van der Waals surface area contributed by atoms with Crippen molar-refractivity contribution in [1.82, 2.24) is 10.3 Å². The van der Waals surface area contributed by atoms with Crippen molar-refractivity contribution in [2.24, 2.45) is 0 Å². The van der Waals surface area contributed by atoms with Crippen LogP contribution in [-0.4, -0.2) is 37.5 Å². The number of carbonyl (C=O) groups is 2. The summed E-state index contributed by atoms with van der Waals surface area (Å²) in [6.45, 7) is -0.395. The third kappa shape index (κ3) is 4.46. The molecule has 1 fully saturated rings. The van der Waals surface area contributed by atoms with E-state index >= 15 is 0 Å². The van der Waals surface area contributed by atoms with E-state index in [4.69, 9.17) is 0 Å². The van der Waals surface area contributed by atoms with E-state index in [1.165, 1.54) is 0 Å². The molecule has 1 aromatic rings. The number of nitrogens with zero attached hydrogens (tertiary/aromatic N) is 1. The monoisotopic (exact) mass is 331 g/mol. The van der Waals surface area contributed by atoms with Gasteiger partial charge in [-0.15, -0.1) is 0 Å². The van der Waals surface area contributed by atoms with E-state index in [2.05, 4.69) is 19.8 Å². The van der Waals surface area contributed by atoms with Gasteiger partial charge in [-0.2, -0.15) is 12.8 Å². The largest absolute Gasteiger partial charge is 0.372 e. The molecule has 0 aliphatic carbocycles. The maximum Gasteiger partial charge on any atom is 0.264 e. The second-order valence-corrected chi connectivity index (χ2v) is 6.42. The standard InChI is InChI=1S/C12H14FN3O5S/c1-22(19,20)21-6-7-4-10(13)14-5-9(7)15-8-2-3-11(17)16-12(8)18/h4-5,8,15H,2-3,6H2,1H3,(H,16,17,18). The minimum absolute atomic E-state index is 0.174. The van der Waals surface area contributed by atoms with Gasteiger partial charge in [-0.25, -0.2) is 4.98 Å². The highest BCUT2D eigenvalue weighted by molar-refractivity contribution is 7.85. The fraction of sp³-hybridized carbons (Fsp3) is 0.417. The minimum Gasteiger partial charge on any atom is -0.372 e. The molecule has 0 saturated carbocycles. The van der Waals surface area contributed by atoms with E-state index in [1.807, 2.05) is 0 Å². The van der Waals surface area contributed by atoms with Crippen molar-refractivity contribution in [1.29, 1.82) is 0 Å². The molecule has 1 aromatic heterocycles. The van der Waals surface area contributed by atoms with E-state index in [0.717, 1.165) is 18.5 Å². The van der Waals surface area contributed by atoms with E-state index in [9.17, 15) is 22.4 Å². The van der Waals surface area contributed by atoms with E-state index in [-0.39, 0.29) is 30.0 Å². The number of nitrogens with one attached hydrogen (secondary N) is 2. The predicted molar refractivity (Wildman–Crippen MR) is 73.6 cm³/mol. The topological polar surface area (TPSA) is 114 Å². The van der Waals surface area contributed by atoms with Crippen LogP contribution in [0.1, 0.15) is 18.4 Å². The second-order valence-electron chi connectivity index (χ2n) is 4.78. The van der Waals surface area contributed by atoms with Gasteiger partial charge in [0.25, 0.3) is 10.1 Å². The van der Waals surface area contributed by atoms with Crippen molar-refractivity contribution in [2.75, 3.05) is 11.6 Å². The molecule has 2 N–H and O–H groups in total. The van der Waals surface area contributed by atoms with Crippen molar-refractivity contribution >= 4 is 27.6 Å². The summed E-state index contributed by atoms with van der Waals surface area (Å²) in [6.07, 6.45) is 2.46. The zero-order valence-electron chi connectivity index (χ0n) is 11.6. The molecule has 0 aromatic carbocycles. The molecule has 1 unspecified atom stereocenters. The fourth-order valence-electron chi connectivity index (χ4n) is 1.91. The lowest BCUT2D eigenvalue weighted by molar-refractivity contribution is -0.133. The van der Waals surface area contributed by atoms with Crippen molar-refractivity contribution in [3.05, 3.63) is 23.8 Å². The van der Waals surface area contributed by atoms with E-state index < -0.39 is 34.6 Å². The summed E-state index contributed by atoms with van der Waals surface area (Å²) in [7, 11) is -3.70. The van der Waals surface area contributed by atoms with Crippen LogP contribution in [0.25, 0.3) is 0 Å². The zero-order chi connectivity index (χ0) is 16.3. The number of imide groups is 1. The van der Waals surface area contributed by atoms with Gasteiger partial charge in [0.05, 0.1) is 24.7 Å². The van der Waals surface area contributed by atoms with Gasteiger partial charge in [0.15, 0.2) is 0 Å². The average Bonchev–Trinajstić information content (AvgIpc) is 2.41. The van der Waals surface area contributed by atoms with Gasteiger partial charge in [-0.3, -0.25) is 19.1 Å². The Morgan fingerprint density at radius 1 is 1.50 bits per heavy atom. The molecule has 10 heteroatoms. The molecule has 1 atom stereocenters. The van der Waals surface area contributed by atoms with Crippen molar-refractivity contribution in [3.63, 3.8) is 0 Å². The summed E-state index contributed by atoms with van der Waals surface area (Å²) in [5, 5.41) is 4.99. The van der Waals surface area contributed by atoms with Gasteiger partial charge in [-0.1, -0.05) is 0 Å². The normalized spacial score (nSPS) is 18.9. The maximum atomic E-state index is 13.2. The average molecular weight is 331 g/mol. The summed E-state index contributed by atoms with van der Waals surface area (Å²) in [6, 6.07) is 0.321. The number of piperidine rings is 1. The van der Waals surface area contributed by atoms with E-state index in [0.29, 0.717) is 0 Å². The van der Waals surface area contributed by atoms with Crippen molar-refractivity contribution < 1.29 is 26.6 Å². The summed E-state index contributed by atoms with van der Waals surface area (Å²) in [4.78, 5) is 26.2. The quantitative estimate of drug-likeness (QED) is 0.440. The van der Waals surface area contributed by atoms with Gasteiger partial charge in [0.1, 0.15) is 6.04 Å². The van der Waals surface area contributed by atoms with Crippen LogP contribution in [0.3, 0.4) is 0 Å². The Bertz CT molecular complexity index is 707. The molecule has 0 bridgehead atoms. The highest BCUT2D eigenvalue weighted by atomic mass is 32.2. The lowest BCUT2D eigenvalue weighted by Gasteiger charge is -2.23. The second kappa shape index (κ2) is 6.36. The molecule has 8 nitrogen and oxygen atoms in total. The zero-order valence-corrected chi connectivity index (χ0v) is 12.4. The Labute approximate surface area is 126 Å². The lowest BCUT2D eigenvalue weighted by atomic mass is 10.1. The molecular weight excluding hydrogens is 317 g/mol. The fourth-order valence-corrected chi connectivity index (χ4v) is 2.25. The van der Waals surface area contributed by atoms with Crippen LogP contribution >= 0.6 is 0 Å². The van der Waals surface area contributed by atoms with E-state index in [1.54, 1.807) is 0 Å². The molecule has 1 aliphatic rings. The smallest absolute Gasteiger partial charge is 0.264 e. The van der Waals surface area contributed by atoms with Crippen LogP contribution in [0.15, 0.2) is 12.3 Å². The molecule has 2 rings (SSSR count). The summed E-state index contributed by atoms with van der Waals surface area (Å²) >= 11 is 0. The highest BCUT2D eigenvalue weighted by Gasteiger charge is 2.27. The number of pyridine rings is 1. The Morgan fingerprint density at radius 2 is 2.23 bits per heavy atom. The van der Waals surface area contributed by atoms with Crippen LogP contribution in [-0.2, 0) is 30.5 Å². The van der Waals surface area contributed by atoms with Crippen LogP contribution in [0.5, 0.6) is 0 Å². The third-order valence-corrected chi connectivity index (χ3v) is 3.50. The SMILES string of the molecule is CS(=O)(=O)OCc1cc(F)ncc1NC1CCC(=O)NC1=O. The molecule has 120 valence electrons. The van der Waals surface area contributed by atoms with Crippen LogP contribution in [0.2, 0.25) is 0 Å². The summed E-state index contributed by atoms with van der Waals surface area (Å²) < 4.78 is 39.9. The Hall–Kier alpha value is -2.07. The minimum atomic E-state index is -3.70. The Balaban J connectivity index is 2.16. The number of anilines is 1. The van der Waals surface area contributed by atoms with Crippen molar-refractivity contribution in [3.8, 4) is 0 Å². The number of amides is 2. The van der Waals surface area contributed by atoms with Crippen molar-refractivity contribution in [2.45, 2.75) is 25.5 Å². The molecular formula is C12H14FN3O5S. The van der Waals surface area contributed by atoms with Gasteiger partial charge in [-0.05, 0) is 6.42 Å². The number of hydrogen-bond acceptors (Lipinski definition) is 7. The third-order valence-electron chi connectivity index (χ3n) is 2.95. The number of aromatic nitrogens is 1. The first-order valence-electron chi connectivity index (χ1n) is 6.33. The molecule has 0 radical (unpaired) electrons. The Kier molecular flexibility index (Phi) is 4.71. The number of carbonyl (C=O) groups excluding carboxylic acids is 2. The Morgan fingerprint density at radius 3 is 2.86 bits per heavy atom. The summed E-state index contributed by atoms with van der Waals surface area (Å²) in [5.74, 6) is -1.67. The molecule has 1 saturated heterocycles. The van der Waals surface area contributed by atoms with Crippen LogP contribution < -0.4 is 10.6 Å². The molecule has 1 aliphatic heterocycles. The first kappa shape index (κ1) is 16.3. The highest BCUT2D eigenvalue weighted by Crippen LogP contribution is 2.20. The van der Waals surface area contributed by atoms with Crippen LogP contribution in [0.4, 0.5) is 10.1 Å². The number of rotatable bonds is 5. The number of halogens is 1.